The first-order chi connectivity index (χ1) is 9.49. The second kappa shape index (κ2) is 6.26. The fraction of sp³-hybridized carbons (Fsp3) is 0.429. The normalized spacial score (nSPS) is 18.9. The summed E-state index contributed by atoms with van der Waals surface area (Å²) < 4.78 is 0.687. The average Bonchev–Trinajstić information content (AvgIpc) is 2.38. The van der Waals surface area contributed by atoms with Crippen LogP contribution in [0.5, 0.6) is 5.75 Å². The molecule has 1 aromatic carbocycles. The Morgan fingerprint density at radius 2 is 2.10 bits per heavy atom. The van der Waals surface area contributed by atoms with Crippen LogP contribution in [0.15, 0.2) is 22.7 Å². The molecular weight excluding hydrogens is 326 g/mol. The number of carboxylic acid groups (broad SMARTS) is 1. The van der Waals surface area contributed by atoms with Crippen LogP contribution in [0.2, 0.25) is 0 Å². The number of amides is 1. The predicted molar refractivity (Wildman–Crippen MR) is 76.7 cm³/mol. The molecule has 2 N–H and O–H groups in total. The summed E-state index contributed by atoms with van der Waals surface area (Å²) in [6, 6.07) is 4.40. The average molecular weight is 342 g/mol. The second-order valence-electron chi connectivity index (χ2n) is 4.91. The summed E-state index contributed by atoms with van der Waals surface area (Å²) >= 11 is 3.22. The van der Waals surface area contributed by atoms with E-state index in [0.29, 0.717) is 17.4 Å². The van der Waals surface area contributed by atoms with Crippen LogP contribution < -0.4 is 0 Å². The number of nitrogens with zero attached hydrogens (tertiary/aromatic N) is 1. The first-order valence-corrected chi connectivity index (χ1v) is 7.29. The SMILES string of the molecule is O=C(O)CC1CCCCN1C(=O)c1ccc(Br)cc1O. The van der Waals surface area contributed by atoms with E-state index in [2.05, 4.69) is 15.9 Å². The number of hydrogen-bond donors (Lipinski definition) is 2. The Labute approximate surface area is 125 Å². The number of rotatable bonds is 3. The van der Waals surface area contributed by atoms with Crippen molar-refractivity contribution in [2.45, 2.75) is 31.7 Å². The molecule has 0 aromatic heterocycles. The molecule has 2 rings (SSSR count). The minimum Gasteiger partial charge on any atom is -0.507 e. The lowest BCUT2D eigenvalue weighted by atomic mass is 9.98. The van der Waals surface area contributed by atoms with Crippen molar-refractivity contribution in [1.82, 2.24) is 4.90 Å². The highest BCUT2D eigenvalue weighted by Crippen LogP contribution is 2.27. The van der Waals surface area contributed by atoms with Crippen LogP contribution in [-0.2, 0) is 4.79 Å². The van der Waals surface area contributed by atoms with Gasteiger partial charge in [0, 0.05) is 17.1 Å². The molecule has 0 radical (unpaired) electrons. The summed E-state index contributed by atoms with van der Waals surface area (Å²) in [5, 5.41) is 18.8. The van der Waals surface area contributed by atoms with Crippen LogP contribution in [0.3, 0.4) is 0 Å². The Kier molecular flexibility index (Phi) is 4.65. The number of benzene rings is 1. The highest BCUT2D eigenvalue weighted by molar-refractivity contribution is 9.10. The number of phenolic OH excluding ortho intramolecular Hbond substituents is 1. The van der Waals surface area contributed by atoms with Crippen LogP contribution in [-0.4, -0.2) is 39.6 Å². The first-order valence-electron chi connectivity index (χ1n) is 6.50. The zero-order chi connectivity index (χ0) is 14.7. The number of carboxylic acids is 1. The quantitative estimate of drug-likeness (QED) is 0.885. The van der Waals surface area contributed by atoms with Crippen LogP contribution in [0.4, 0.5) is 0 Å². The largest absolute Gasteiger partial charge is 0.507 e. The zero-order valence-corrected chi connectivity index (χ0v) is 12.5. The standard InChI is InChI=1S/C14H16BrNO4/c15-9-4-5-11(12(17)7-9)14(20)16-6-2-1-3-10(16)8-13(18)19/h4-5,7,10,17H,1-3,6,8H2,(H,18,19). The van der Waals surface area contributed by atoms with Crippen molar-refractivity contribution in [3.8, 4) is 5.75 Å². The Bertz CT molecular complexity index is 532. The maximum atomic E-state index is 12.5. The highest BCUT2D eigenvalue weighted by Gasteiger charge is 2.30. The van der Waals surface area contributed by atoms with E-state index >= 15 is 0 Å². The first kappa shape index (κ1) is 14.8. The van der Waals surface area contributed by atoms with Crippen LogP contribution in [0, 0.1) is 0 Å². The number of aliphatic carboxylic acids is 1. The van der Waals surface area contributed by atoms with E-state index in [4.69, 9.17) is 5.11 Å². The number of halogens is 1. The van der Waals surface area contributed by atoms with Crippen LogP contribution >= 0.6 is 15.9 Å². The van der Waals surface area contributed by atoms with Gasteiger partial charge in [-0.25, -0.2) is 0 Å². The van der Waals surface area contributed by atoms with E-state index in [1.807, 2.05) is 0 Å². The molecule has 1 atom stereocenters. The fourth-order valence-electron chi connectivity index (χ4n) is 2.52. The monoisotopic (exact) mass is 341 g/mol. The van der Waals surface area contributed by atoms with Gasteiger partial charge in [0.05, 0.1) is 12.0 Å². The number of carbonyl (C=O) groups is 2. The number of piperidine rings is 1. The summed E-state index contributed by atoms with van der Waals surface area (Å²) in [7, 11) is 0. The van der Waals surface area contributed by atoms with Crippen molar-refractivity contribution in [2.24, 2.45) is 0 Å². The Hall–Kier alpha value is -1.56. The molecule has 108 valence electrons. The smallest absolute Gasteiger partial charge is 0.305 e. The van der Waals surface area contributed by atoms with Crippen molar-refractivity contribution in [2.75, 3.05) is 6.54 Å². The summed E-state index contributed by atoms with van der Waals surface area (Å²) in [5.74, 6) is -1.31. The Morgan fingerprint density at radius 3 is 2.75 bits per heavy atom. The summed E-state index contributed by atoms with van der Waals surface area (Å²) in [6.07, 6.45) is 2.42. The highest BCUT2D eigenvalue weighted by atomic mass is 79.9. The molecule has 1 amide bonds. The summed E-state index contributed by atoms with van der Waals surface area (Å²) in [5.41, 5.74) is 0.213. The van der Waals surface area contributed by atoms with E-state index in [-0.39, 0.29) is 29.7 Å². The van der Waals surface area contributed by atoms with Gasteiger partial charge in [0.2, 0.25) is 0 Å². The molecule has 1 fully saturated rings. The lowest BCUT2D eigenvalue weighted by Crippen LogP contribution is -2.44. The molecule has 0 bridgehead atoms. The third kappa shape index (κ3) is 3.30. The van der Waals surface area contributed by atoms with Crippen molar-refractivity contribution < 1.29 is 19.8 Å². The molecule has 0 saturated carbocycles. The molecular formula is C14H16BrNO4. The van der Waals surface area contributed by atoms with Crippen molar-refractivity contribution in [3.63, 3.8) is 0 Å². The van der Waals surface area contributed by atoms with Crippen LogP contribution in [0.1, 0.15) is 36.0 Å². The molecule has 1 unspecified atom stereocenters. The molecule has 0 aliphatic carbocycles. The summed E-state index contributed by atoms with van der Waals surface area (Å²) in [4.78, 5) is 24.9. The third-order valence-electron chi connectivity index (χ3n) is 3.49. The van der Waals surface area contributed by atoms with E-state index in [9.17, 15) is 14.7 Å². The van der Waals surface area contributed by atoms with Gasteiger partial charge in [-0.05, 0) is 37.5 Å². The summed E-state index contributed by atoms with van der Waals surface area (Å²) in [6.45, 7) is 0.534. The minimum absolute atomic E-state index is 0.0525. The molecule has 6 heteroatoms. The van der Waals surface area contributed by atoms with E-state index < -0.39 is 5.97 Å². The molecule has 0 spiro atoms. The van der Waals surface area contributed by atoms with Gasteiger partial charge < -0.3 is 15.1 Å². The van der Waals surface area contributed by atoms with Gasteiger partial charge in [-0.15, -0.1) is 0 Å². The Morgan fingerprint density at radius 1 is 1.35 bits per heavy atom. The number of likely N-dealkylation sites (tertiary alicyclic amines) is 1. The van der Waals surface area contributed by atoms with Gasteiger partial charge in [-0.2, -0.15) is 0 Å². The molecule has 1 aromatic rings. The van der Waals surface area contributed by atoms with Gasteiger partial charge in [0.25, 0.3) is 5.91 Å². The molecule has 1 aliphatic heterocycles. The van der Waals surface area contributed by atoms with Crippen LogP contribution in [0.25, 0.3) is 0 Å². The molecule has 5 nitrogen and oxygen atoms in total. The van der Waals surface area contributed by atoms with Gasteiger partial charge in [0.1, 0.15) is 5.75 Å². The van der Waals surface area contributed by atoms with Gasteiger partial charge in [0.15, 0.2) is 0 Å². The second-order valence-corrected chi connectivity index (χ2v) is 5.82. The van der Waals surface area contributed by atoms with Crippen molar-refractivity contribution >= 4 is 27.8 Å². The topological polar surface area (TPSA) is 77.8 Å². The van der Waals surface area contributed by atoms with Crippen molar-refractivity contribution in [1.29, 1.82) is 0 Å². The molecule has 1 saturated heterocycles. The lowest BCUT2D eigenvalue weighted by molar-refractivity contribution is -0.138. The minimum atomic E-state index is -0.908. The Balaban J connectivity index is 2.22. The number of phenols is 1. The molecule has 20 heavy (non-hydrogen) atoms. The molecule has 1 aliphatic rings. The van der Waals surface area contributed by atoms with Gasteiger partial charge >= 0.3 is 5.97 Å². The molecule has 1 heterocycles. The zero-order valence-electron chi connectivity index (χ0n) is 10.9. The lowest BCUT2D eigenvalue weighted by Gasteiger charge is -2.35. The predicted octanol–water partition coefficient (Wildman–Crippen LogP) is 2.62. The van der Waals surface area contributed by atoms with E-state index in [1.165, 1.54) is 6.07 Å². The number of hydrogen-bond acceptors (Lipinski definition) is 3. The van der Waals surface area contributed by atoms with E-state index in [0.717, 1.165) is 12.8 Å². The maximum Gasteiger partial charge on any atom is 0.305 e. The maximum absolute atomic E-state index is 12.5. The fourth-order valence-corrected chi connectivity index (χ4v) is 2.87. The third-order valence-corrected chi connectivity index (χ3v) is 3.98. The van der Waals surface area contributed by atoms with Gasteiger partial charge in [-0.1, -0.05) is 15.9 Å². The number of aromatic hydroxyl groups is 1. The van der Waals surface area contributed by atoms with Crippen molar-refractivity contribution in [3.05, 3.63) is 28.2 Å². The van der Waals surface area contributed by atoms with Gasteiger partial charge in [-0.3, -0.25) is 9.59 Å². The number of carbonyl (C=O) groups excluding carboxylic acids is 1. The van der Waals surface area contributed by atoms with E-state index in [1.54, 1.807) is 17.0 Å².